The predicted octanol–water partition coefficient (Wildman–Crippen LogP) is 1.22. The minimum Gasteiger partial charge on any atom is -0.334 e. The molecule has 2 heterocycles. The molecule has 8 heteroatoms. The summed E-state index contributed by atoms with van der Waals surface area (Å²) in [4.78, 5) is 30.3. The molecule has 0 bridgehead atoms. The first-order valence-electron chi connectivity index (χ1n) is 7.47. The van der Waals surface area contributed by atoms with E-state index in [1.807, 2.05) is 44.2 Å². The van der Waals surface area contributed by atoms with Crippen LogP contribution in [0.2, 0.25) is 0 Å². The molecule has 0 amide bonds. The Bertz CT molecular complexity index is 956. The molecule has 1 aromatic carbocycles. The van der Waals surface area contributed by atoms with Gasteiger partial charge in [0, 0.05) is 12.2 Å². The van der Waals surface area contributed by atoms with Crippen molar-refractivity contribution in [2.24, 2.45) is 5.73 Å². The van der Waals surface area contributed by atoms with E-state index < -0.39 is 17.3 Å². The molecule has 24 heavy (non-hydrogen) atoms. The number of hydrogen-bond donors (Lipinski definition) is 2. The minimum atomic E-state index is -0.583. The first kappa shape index (κ1) is 15.9. The van der Waals surface area contributed by atoms with Crippen molar-refractivity contribution in [3.05, 3.63) is 68.8 Å². The zero-order valence-electron chi connectivity index (χ0n) is 13.3. The highest BCUT2D eigenvalue weighted by Crippen LogP contribution is 2.19. The monoisotopic (exact) mass is 327 g/mol. The highest BCUT2D eigenvalue weighted by atomic mass is 16.5. The topological polar surface area (TPSA) is 120 Å². The molecular formula is C16H17N5O3. The van der Waals surface area contributed by atoms with Crippen LogP contribution in [0.15, 0.2) is 50.6 Å². The maximum absolute atomic E-state index is 12.0. The molecule has 0 aliphatic heterocycles. The van der Waals surface area contributed by atoms with Crippen LogP contribution in [0.5, 0.6) is 0 Å². The summed E-state index contributed by atoms with van der Waals surface area (Å²) in [7, 11) is 0. The van der Waals surface area contributed by atoms with E-state index in [1.54, 1.807) is 0 Å². The van der Waals surface area contributed by atoms with Gasteiger partial charge in [0.2, 0.25) is 0 Å². The lowest BCUT2D eigenvalue weighted by atomic mass is 10.1. The first-order valence-corrected chi connectivity index (χ1v) is 7.47. The SMILES string of the molecule is CC(C)n1cc(-c2nc(C(N)c3ccccc3)no2)c(=O)[nH]c1=O. The number of hydrogen-bond acceptors (Lipinski definition) is 6. The molecule has 124 valence electrons. The van der Waals surface area contributed by atoms with Crippen LogP contribution in [0.1, 0.15) is 37.3 Å². The lowest BCUT2D eigenvalue weighted by Gasteiger charge is -2.09. The van der Waals surface area contributed by atoms with Crippen LogP contribution >= 0.6 is 0 Å². The highest BCUT2D eigenvalue weighted by molar-refractivity contribution is 5.49. The summed E-state index contributed by atoms with van der Waals surface area (Å²) in [6, 6.07) is 8.62. The van der Waals surface area contributed by atoms with Crippen LogP contribution in [0.4, 0.5) is 0 Å². The summed E-state index contributed by atoms with van der Waals surface area (Å²) in [6.07, 6.45) is 1.41. The third-order valence-corrected chi connectivity index (χ3v) is 3.63. The van der Waals surface area contributed by atoms with E-state index in [1.165, 1.54) is 10.8 Å². The van der Waals surface area contributed by atoms with Gasteiger partial charge in [-0.15, -0.1) is 0 Å². The van der Waals surface area contributed by atoms with Gasteiger partial charge in [-0.05, 0) is 19.4 Å². The van der Waals surface area contributed by atoms with E-state index in [4.69, 9.17) is 10.3 Å². The van der Waals surface area contributed by atoms with Gasteiger partial charge < -0.3 is 10.3 Å². The zero-order chi connectivity index (χ0) is 17.3. The number of benzene rings is 1. The number of nitrogens with two attached hydrogens (primary N) is 1. The summed E-state index contributed by atoms with van der Waals surface area (Å²) in [5, 5.41) is 3.86. The molecule has 2 aromatic heterocycles. The van der Waals surface area contributed by atoms with Crippen molar-refractivity contribution in [2.45, 2.75) is 25.9 Å². The lowest BCUT2D eigenvalue weighted by Crippen LogP contribution is -2.31. The quantitative estimate of drug-likeness (QED) is 0.743. The third-order valence-electron chi connectivity index (χ3n) is 3.63. The molecule has 0 saturated carbocycles. The smallest absolute Gasteiger partial charge is 0.328 e. The number of aromatic nitrogens is 4. The van der Waals surface area contributed by atoms with Crippen molar-refractivity contribution >= 4 is 0 Å². The maximum Gasteiger partial charge on any atom is 0.328 e. The van der Waals surface area contributed by atoms with Crippen LogP contribution in [0.3, 0.4) is 0 Å². The summed E-state index contributed by atoms with van der Waals surface area (Å²) < 4.78 is 6.56. The summed E-state index contributed by atoms with van der Waals surface area (Å²) in [6.45, 7) is 3.65. The first-order chi connectivity index (χ1) is 11.5. The van der Waals surface area contributed by atoms with Crippen molar-refractivity contribution in [1.82, 2.24) is 19.7 Å². The average molecular weight is 327 g/mol. The van der Waals surface area contributed by atoms with E-state index in [9.17, 15) is 9.59 Å². The van der Waals surface area contributed by atoms with Crippen LogP contribution in [0.25, 0.3) is 11.5 Å². The Morgan fingerprint density at radius 2 is 1.92 bits per heavy atom. The summed E-state index contributed by atoms with van der Waals surface area (Å²) >= 11 is 0. The number of H-pyrrole nitrogens is 1. The van der Waals surface area contributed by atoms with Gasteiger partial charge in [-0.2, -0.15) is 4.98 Å². The van der Waals surface area contributed by atoms with E-state index >= 15 is 0 Å². The number of rotatable bonds is 4. The van der Waals surface area contributed by atoms with Gasteiger partial charge in [-0.25, -0.2) is 4.79 Å². The number of nitrogens with one attached hydrogen (secondary N) is 1. The fraction of sp³-hybridized carbons (Fsp3) is 0.250. The number of aromatic amines is 1. The van der Waals surface area contributed by atoms with Gasteiger partial charge >= 0.3 is 5.69 Å². The minimum absolute atomic E-state index is 0.0204. The largest absolute Gasteiger partial charge is 0.334 e. The van der Waals surface area contributed by atoms with Crippen LogP contribution in [-0.2, 0) is 0 Å². The van der Waals surface area contributed by atoms with Gasteiger partial charge in [0.15, 0.2) is 5.82 Å². The Morgan fingerprint density at radius 1 is 1.21 bits per heavy atom. The molecule has 8 nitrogen and oxygen atoms in total. The van der Waals surface area contributed by atoms with Crippen LogP contribution in [0, 0.1) is 0 Å². The summed E-state index contributed by atoms with van der Waals surface area (Å²) in [5.41, 5.74) is 6.00. The van der Waals surface area contributed by atoms with Gasteiger partial charge in [0.05, 0.1) is 6.04 Å². The zero-order valence-corrected chi connectivity index (χ0v) is 13.3. The standard InChI is InChI=1S/C16H17N5O3/c1-9(2)21-8-11(14(22)19-16(21)23)15-18-13(20-24-15)12(17)10-6-4-3-5-7-10/h3-9,12H,17H2,1-2H3,(H,19,22,23). The second kappa shape index (κ2) is 6.25. The third kappa shape index (κ3) is 2.91. The number of nitrogens with zero attached hydrogens (tertiary/aromatic N) is 3. The lowest BCUT2D eigenvalue weighted by molar-refractivity contribution is 0.418. The normalized spacial score (nSPS) is 12.5. The van der Waals surface area contributed by atoms with Crippen molar-refractivity contribution in [3.63, 3.8) is 0 Å². The van der Waals surface area contributed by atoms with Gasteiger partial charge in [0.1, 0.15) is 5.56 Å². The second-order valence-corrected chi connectivity index (χ2v) is 5.65. The van der Waals surface area contributed by atoms with Crippen molar-refractivity contribution in [2.75, 3.05) is 0 Å². The van der Waals surface area contributed by atoms with E-state index in [2.05, 4.69) is 15.1 Å². The molecular weight excluding hydrogens is 310 g/mol. The molecule has 1 atom stereocenters. The molecule has 0 saturated heterocycles. The van der Waals surface area contributed by atoms with Gasteiger partial charge in [0.25, 0.3) is 11.4 Å². The predicted molar refractivity (Wildman–Crippen MR) is 87.5 cm³/mol. The molecule has 3 rings (SSSR count). The van der Waals surface area contributed by atoms with E-state index in [-0.39, 0.29) is 23.3 Å². The molecule has 3 N–H and O–H groups in total. The maximum atomic E-state index is 12.0. The van der Waals surface area contributed by atoms with Gasteiger partial charge in [-0.1, -0.05) is 35.5 Å². The van der Waals surface area contributed by atoms with Gasteiger partial charge in [-0.3, -0.25) is 14.3 Å². The van der Waals surface area contributed by atoms with E-state index in [0.29, 0.717) is 0 Å². The molecule has 3 aromatic rings. The Balaban J connectivity index is 2.01. The Labute approximate surface area is 137 Å². The highest BCUT2D eigenvalue weighted by Gasteiger charge is 2.19. The molecule has 0 radical (unpaired) electrons. The second-order valence-electron chi connectivity index (χ2n) is 5.65. The molecule has 0 aliphatic rings. The van der Waals surface area contributed by atoms with Crippen molar-refractivity contribution < 1.29 is 4.52 Å². The fourth-order valence-electron chi connectivity index (χ4n) is 2.30. The molecule has 0 fully saturated rings. The average Bonchev–Trinajstić information content (AvgIpc) is 3.04. The molecule has 0 spiro atoms. The van der Waals surface area contributed by atoms with E-state index in [0.717, 1.165) is 5.56 Å². The molecule has 1 unspecified atom stereocenters. The summed E-state index contributed by atoms with van der Waals surface area (Å²) in [5.74, 6) is 0.282. The fourth-order valence-corrected chi connectivity index (χ4v) is 2.30. The molecule has 0 aliphatic carbocycles. The Morgan fingerprint density at radius 3 is 2.58 bits per heavy atom. The Hall–Kier alpha value is -3.00. The van der Waals surface area contributed by atoms with Crippen LogP contribution in [-0.4, -0.2) is 19.7 Å². The van der Waals surface area contributed by atoms with Crippen molar-refractivity contribution in [1.29, 1.82) is 0 Å². The van der Waals surface area contributed by atoms with Crippen molar-refractivity contribution in [3.8, 4) is 11.5 Å². The Kier molecular flexibility index (Phi) is 4.13. The van der Waals surface area contributed by atoms with Crippen LogP contribution < -0.4 is 17.0 Å².